The van der Waals surface area contributed by atoms with Crippen molar-refractivity contribution in [3.63, 3.8) is 0 Å². The standard InChI is InChI=1S/C12H9N5/c1-7-3-2-4-8-9(6-14-11(7)8)12-10(5-13)15-17-16-12/h2-4,6,14H,1H3,(H,15,16,17). The average Bonchev–Trinajstić information content (AvgIpc) is 2.94. The number of para-hydroxylation sites is 1. The minimum atomic E-state index is 0.312. The van der Waals surface area contributed by atoms with E-state index < -0.39 is 0 Å². The van der Waals surface area contributed by atoms with Crippen LogP contribution >= 0.6 is 0 Å². The second-order valence-electron chi connectivity index (χ2n) is 3.83. The minimum Gasteiger partial charge on any atom is -0.360 e. The molecule has 0 bridgehead atoms. The van der Waals surface area contributed by atoms with Gasteiger partial charge in [0.25, 0.3) is 0 Å². The molecule has 0 aliphatic carbocycles. The van der Waals surface area contributed by atoms with Crippen molar-refractivity contribution >= 4 is 10.9 Å². The predicted octanol–water partition coefficient (Wildman–Crippen LogP) is 2.13. The number of aromatic nitrogens is 4. The first kappa shape index (κ1) is 9.60. The van der Waals surface area contributed by atoms with Gasteiger partial charge in [-0.05, 0) is 12.5 Å². The van der Waals surface area contributed by atoms with Gasteiger partial charge in [-0.2, -0.15) is 15.6 Å². The van der Waals surface area contributed by atoms with E-state index in [1.54, 1.807) is 0 Å². The van der Waals surface area contributed by atoms with Gasteiger partial charge in [0.2, 0.25) is 0 Å². The monoisotopic (exact) mass is 223 g/mol. The smallest absolute Gasteiger partial charge is 0.190 e. The largest absolute Gasteiger partial charge is 0.360 e. The summed E-state index contributed by atoms with van der Waals surface area (Å²) in [5.41, 5.74) is 4.02. The molecule has 3 rings (SSSR count). The van der Waals surface area contributed by atoms with Crippen LogP contribution in [0.4, 0.5) is 0 Å². The fourth-order valence-electron chi connectivity index (χ4n) is 2.00. The Balaban J connectivity index is 2.33. The second-order valence-corrected chi connectivity index (χ2v) is 3.83. The van der Waals surface area contributed by atoms with Gasteiger partial charge in [-0.25, -0.2) is 0 Å². The highest BCUT2D eigenvalue weighted by molar-refractivity contribution is 5.96. The third-order valence-corrected chi connectivity index (χ3v) is 2.83. The van der Waals surface area contributed by atoms with Gasteiger partial charge < -0.3 is 4.98 Å². The SMILES string of the molecule is Cc1cccc2c(-c3n[nH]nc3C#N)c[nH]c12. The molecule has 17 heavy (non-hydrogen) atoms. The Hall–Kier alpha value is -2.61. The van der Waals surface area contributed by atoms with Crippen LogP contribution in [-0.4, -0.2) is 20.4 Å². The number of H-pyrrole nitrogens is 2. The summed E-state index contributed by atoms with van der Waals surface area (Å²) in [6.07, 6.45) is 1.86. The maximum atomic E-state index is 8.95. The summed E-state index contributed by atoms with van der Waals surface area (Å²) in [6, 6.07) is 8.05. The van der Waals surface area contributed by atoms with Crippen LogP contribution in [-0.2, 0) is 0 Å². The third kappa shape index (κ3) is 1.31. The van der Waals surface area contributed by atoms with Gasteiger partial charge in [-0.1, -0.05) is 18.2 Å². The molecule has 0 aliphatic rings. The minimum absolute atomic E-state index is 0.312. The lowest BCUT2D eigenvalue weighted by Crippen LogP contribution is -1.81. The molecule has 0 saturated heterocycles. The van der Waals surface area contributed by atoms with E-state index in [1.165, 1.54) is 0 Å². The zero-order chi connectivity index (χ0) is 11.8. The zero-order valence-corrected chi connectivity index (χ0v) is 9.15. The van der Waals surface area contributed by atoms with Gasteiger partial charge in [0.05, 0.1) is 0 Å². The molecule has 0 radical (unpaired) electrons. The molecular formula is C12H9N5. The molecule has 82 valence electrons. The van der Waals surface area contributed by atoms with Crippen molar-refractivity contribution in [3.8, 4) is 17.3 Å². The Kier molecular flexibility index (Phi) is 1.95. The number of nitriles is 1. The highest BCUT2D eigenvalue weighted by Gasteiger charge is 2.14. The summed E-state index contributed by atoms with van der Waals surface area (Å²) >= 11 is 0. The van der Waals surface area contributed by atoms with Crippen LogP contribution in [0.25, 0.3) is 22.2 Å². The Morgan fingerprint density at radius 2 is 2.18 bits per heavy atom. The fourth-order valence-corrected chi connectivity index (χ4v) is 2.00. The van der Waals surface area contributed by atoms with Crippen LogP contribution < -0.4 is 0 Å². The zero-order valence-electron chi connectivity index (χ0n) is 9.15. The van der Waals surface area contributed by atoms with Crippen molar-refractivity contribution < 1.29 is 0 Å². The Morgan fingerprint density at radius 1 is 1.29 bits per heavy atom. The first-order valence-corrected chi connectivity index (χ1v) is 5.19. The van der Waals surface area contributed by atoms with Crippen LogP contribution in [0.15, 0.2) is 24.4 Å². The summed E-state index contributed by atoms with van der Waals surface area (Å²) in [7, 11) is 0. The molecule has 5 heteroatoms. The Morgan fingerprint density at radius 3 is 3.00 bits per heavy atom. The first-order chi connectivity index (χ1) is 8.31. The molecule has 0 unspecified atom stereocenters. The van der Waals surface area contributed by atoms with Crippen molar-refractivity contribution in [2.45, 2.75) is 6.92 Å². The van der Waals surface area contributed by atoms with Crippen LogP contribution in [0.3, 0.4) is 0 Å². The molecule has 0 spiro atoms. The second kappa shape index (κ2) is 3.46. The molecule has 0 saturated carbocycles. The van der Waals surface area contributed by atoms with E-state index in [1.807, 2.05) is 37.4 Å². The number of hydrogen-bond acceptors (Lipinski definition) is 3. The molecule has 1 aromatic carbocycles. The topological polar surface area (TPSA) is 81.2 Å². The molecule has 5 nitrogen and oxygen atoms in total. The lowest BCUT2D eigenvalue weighted by molar-refractivity contribution is 0.937. The molecule has 0 fully saturated rings. The fraction of sp³-hybridized carbons (Fsp3) is 0.0833. The summed E-state index contributed by atoms with van der Waals surface area (Å²) in [6.45, 7) is 2.04. The molecule has 2 heterocycles. The van der Waals surface area contributed by atoms with Crippen molar-refractivity contribution in [1.29, 1.82) is 5.26 Å². The quantitative estimate of drug-likeness (QED) is 0.663. The third-order valence-electron chi connectivity index (χ3n) is 2.83. The van der Waals surface area contributed by atoms with Crippen LogP contribution in [0, 0.1) is 18.3 Å². The van der Waals surface area contributed by atoms with Crippen LogP contribution in [0.1, 0.15) is 11.3 Å². The Bertz CT molecular complexity index is 729. The van der Waals surface area contributed by atoms with Crippen molar-refractivity contribution in [2.75, 3.05) is 0 Å². The molecule has 2 N–H and O–H groups in total. The molecule has 2 aromatic heterocycles. The number of aromatic amines is 2. The van der Waals surface area contributed by atoms with Gasteiger partial charge in [-0.3, -0.25) is 0 Å². The van der Waals surface area contributed by atoms with Gasteiger partial charge in [0.1, 0.15) is 11.8 Å². The number of aryl methyl sites for hydroxylation is 1. The lowest BCUT2D eigenvalue weighted by atomic mass is 10.1. The molecule has 0 aliphatic heterocycles. The Labute approximate surface area is 97.1 Å². The average molecular weight is 223 g/mol. The van der Waals surface area contributed by atoms with Gasteiger partial charge >= 0.3 is 0 Å². The van der Waals surface area contributed by atoms with E-state index in [0.717, 1.165) is 22.0 Å². The van der Waals surface area contributed by atoms with Crippen molar-refractivity contribution in [2.24, 2.45) is 0 Å². The van der Waals surface area contributed by atoms with Gasteiger partial charge in [-0.15, -0.1) is 5.10 Å². The van der Waals surface area contributed by atoms with Gasteiger partial charge in [0, 0.05) is 22.7 Å². The number of nitrogens with zero attached hydrogens (tertiary/aromatic N) is 3. The number of hydrogen-bond donors (Lipinski definition) is 2. The first-order valence-electron chi connectivity index (χ1n) is 5.19. The van der Waals surface area contributed by atoms with E-state index in [2.05, 4.69) is 20.4 Å². The van der Waals surface area contributed by atoms with Crippen LogP contribution in [0.2, 0.25) is 0 Å². The number of nitrogens with one attached hydrogen (secondary N) is 2. The van der Waals surface area contributed by atoms with Gasteiger partial charge in [0.15, 0.2) is 5.69 Å². The summed E-state index contributed by atoms with van der Waals surface area (Å²) in [4.78, 5) is 3.20. The molecular weight excluding hydrogens is 214 g/mol. The normalized spacial score (nSPS) is 10.6. The maximum Gasteiger partial charge on any atom is 0.190 e. The highest BCUT2D eigenvalue weighted by Crippen LogP contribution is 2.29. The number of rotatable bonds is 1. The van der Waals surface area contributed by atoms with E-state index in [4.69, 9.17) is 5.26 Å². The lowest BCUT2D eigenvalue weighted by Gasteiger charge is -1.96. The predicted molar refractivity (Wildman–Crippen MR) is 63.1 cm³/mol. The molecule has 0 atom stereocenters. The number of benzene rings is 1. The van der Waals surface area contributed by atoms with E-state index >= 15 is 0 Å². The van der Waals surface area contributed by atoms with Crippen molar-refractivity contribution in [1.82, 2.24) is 20.4 Å². The highest BCUT2D eigenvalue weighted by atomic mass is 15.3. The maximum absolute atomic E-state index is 8.95. The van der Waals surface area contributed by atoms with E-state index in [-0.39, 0.29) is 0 Å². The van der Waals surface area contributed by atoms with Crippen molar-refractivity contribution in [3.05, 3.63) is 35.7 Å². The number of fused-ring (bicyclic) bond motifs is 1. The van der Waals surface area contributed by atoms with E-state index in [9.17, 15) is 0 Å². The summed E-state index contributed by atoms with van der Waals surface area (Å²) in [5, 5.41) is 20.3. The molecule has 0 amide bonds. The summed E-state index contributed by atoms with van der Waals surface area (Å²) < 4.78 is 0. The summed E-state index contributed by atoms with van der Waals surface area (Å²) in [5.74, 6) is 0. The van der Waals surface area contributed by atoms with E-state index in [0.29, 0.717) is 11.4 Å². The molecule has 3 aromatic rings. The van der Waals surface area contributed by atoms with Crippen LogP contribution in [0.5, 0.6) is 0 Å².